The molecule has 1 aromatic heterocycles. The van der Waals surface area contributed by atoms with Crippen LogP contribution < -0.4 is 5.32 Å². The van der Waals surface area contributed by atoms with Crippen LogP contribution in [0.1, 0.15) is 36.7 Å². The number of nitrogens with zero attached hydrogens (tertiary/aromatic N) is 1. The van der Waals surface area contributed by atoms with Gasteiger partial charge in [-0.25, -0.2) is 0 Å². The largest absolute Gasteiger partial charge is 0.309 e. The maximum absolute atomic E-state index is 6.17. The Morgan fingerprint density at radius 3 is 2.90 bits per heavy atom. The van der Waals surface area contributed by atoms with Gasteiger partial charge in [0.05, 0.1) is 0 Å². The van der Waals surface area contributed by atoms with Crippen molar-refractivity contribution in [1.29, 1.82) is 0 Å². The predicted octanol–water partition coefficient (Wildman–Crippen LogP) is 4.19. The number of nitrogens with one attached hydrogen (secondary N) is 1. The van der Waals surface area contributed by atoms with Gasteiger partial charge >= 0.3 is 0 Å². The Hall–Kier alpha value is -1.38. The van der Waals surface area contributed by atoms with Crippen LogP contribution in [0.5, 0.6) is 0 Å². The minimum atomic E-state index is 0.219. The second-order valence-electron chi connectivity index (χ2n) is 6.47. The number of hydrogen-bond donors (Lipinski definition) is 1. The molecule has 1 aliphatic rings. The molecule has 0 fully saturated rings. The molecule has 1 aliphatic carbocycles. The van der Waals surface area contributed by atoms with Crippen molar-refractivity contribution >= 4 is 11.6 Å². The lowest BCUT2D eigenvalue weighted by Gasteiger charge is -2.28. The maximum Gasteiger partial charge on any atom is 0.0416 e. The van der Waals surface area contributed by atoms with Crippen molar-refractivity contribution in [3.63, 3.8) is 0 Å². The van der Waals surface area contributed by atoms with E-state index in [1.54, 1.807) is 0 Å². The fourth-order valence-electron chi connectivity index (χ4n) is 3.29. The molecule has 0 spiro atoms. The van der Waals surface area contributed by atoms with E-state index in [1.165, 1.54) is 11.1 Å². The molecule has 0 saturated heterocycles. The highest BCUT2D eigenvalue weighted by atomic mass is 35.5. The molecule has 21 heavy (non-hydrogen) atoms. The van der Waals surface area contributed by atoms with Gasteiger partial charge in [0.15, 0.2) is 0 Å². The topological polar surface area (TPSA) is 24.9 Å². The standard InChI is InChI=1S/C18H21ClN2/c1-18(2)12-13-6-7-14(19)11-16(13)17(18)21-10-8-15-5-3-4-9-20-15/h3-7,9,11,17,21H,8,10,12H2,1-2H3. The normalized spacial score (nSPS) is 19.5. The summed E-state index contributed by atoms with van der Waals surface area (Å²) in [6, 6.07) is 12.7. The zero-order valence-corrected chi connectivity index (χ0v) is 13.3. The van der Waals surface area contributed by atoms with E-state index in [-0.39, 0.29) is 5.41 Å². The molecular weight excluding hydrogens is 280 g/mol. The number of benzene rings is 1. The number of halogens is 1. The lowest BCUT2D eigenvalue weighted by atomic mass is 9.85. The maximum atomic E-state index is 6.17. The third-order valence-electron chi connectivity index (χ3n) is 4.30. The van der Waals surface area contributed by atoms with Gasteiger partial charge in [-0.15, -0.1) is 0 Å². The predicted molar refractivity (Wildman–Crippen MR) is 87.6 cm³/mol. The van der Waals surface area contributed by atoms with Gasteiger partial charge in [-0.05, 0) is 47.2 Å². The lowest BCUT2D eigenvalue weighted by molar-refractivity contribution is 0.270. The third kappa shape index (κ3) is 3.12. The Balaban J connectivity index is 1.71. The number of fused-ring (bicyclic) bond motifs is 1. The minimum absolute atomic E-state index is 0.219. The van der Waals surface area contributed by atoms with Gasteiger partial charge in [0.2, 0.25) is 0 Å². The van der Waals surface area contributed by atoms with Gasteiger partial charge in [-0.1, -0.05) is 37.6 Å². The summed E-state index contributed by atoms with van der Waals surface area (Å²) in [5, 5.41) is 4.53. The smallest absolute Gasteiger partial charge is 0.0416 e. The van der Waals surface area contributed by atoms with Gasteiger partial charge in [0.1, 0.15) is 0 Å². The molecule has 0 amide bonds. The fourth-order valence-corrected chi connectivity index (χ4v) is 3.47. The lowest BCUT2D eigenvalue weighted by Crippen LogP contribution is -2.32. The first kappa shape index (κ1) is 14.6. The summed E-state index contributed by atoms with van der Waals surface area (Å²) >= 11 is 6.17. The van der Waals surface area contributed by atoms with E-state index in [4.69, 9.17) is 11.6 Å². The highest BCUT2D eigenvalue weighted by molar-refractivity contribution is 6.30. The van der Waals surface area contributed by atoms with Crippen molar-refractivity contribution in [2.24, 2.45) is 5.41 Å². The van der Waals surface area contributed by atoms with E-state index in [1.807, 2.05) is 24.4 Å². The van der Waals surface area contributed by atoms with Crippen molar-refractivity contribution < 1.29 is 0 Å². The Morgan fingerprint density at radius 1 is 1.29 bits per heavy atom. The van der Waals surface area contributed by atoms with Crippen LogP contribution in [-0.4, -0.2) is 11.5 Å². The average molecular weight is 301 g/mol. The van der Waals surface area contributed by atoms with E-state index in [2.05, 4.69) is 42.3 Å². The Labute approximate surface area is 131 Å². The highest BCUT2D eigenvalue weighted by Crippen LogP contribution is 2.45. The van der Waals surface area contributed by atoms with Crippen LogP contribution in [0.4, 0.5) is 0 Å². The molecule has 3 rings (SSSR count). The van der Waals surface area contributed by atoms with Crippen molar-refractivity contribution in [1.82, 2.24) is 10.3 Å². The number of rotatable bonds is 4. The van der Waals surface area contributed by atoms with Crippen LogP contribution in [-0.2, 0) is 12.8 Å². The molecule has 0 saturated carbocycles. The molecule has 0 radical (unpaired) electrons. The first-order valence-corrected chi connectivity index (χ1v) is 7.86. The molecular formula is C18H21ClN2. The zero-order valence-electron chi connectivity index (χ0n) is 12.6. The molecule has 0 aliphatic heterocycles. The second kappa shape index (κ2) is 5.78. The summed E-state index contributed by atoms with van der Waals surface area (Å²) in [4.78, 5) is 4.38. The summed E-state index contributed by atoms with van der Waals surface area (Å²) in [7, 11) is 0. The Morgan fingerprint density at radius 2 is 2.14 bits per heavy atom. The van der Waals surface area contributed by atoms with Crippen LogP contribution in [0, 0.1) is 5.41 Å². The minimum Gasteiger partial charge on any atom is -0.309 e. The summed E-state index contributed by atoms with van der Waals surface area (Å²) in [6.45, 7) is 5.57. The number of aromatic nitrogens is 1. The van der Waals surface area contributed by atoms with Crippen molar-refractivity contribution in [2.45, 2.75) is 32.7 Å². The van der Waals surface area contributed by atoms with Gasteiger partial charge in [-0.3, -0.25) is 4.98 Å². The summed E-state index contributed by atoms with van der Waals surface area (Å²) in [6.07, 6.45) is 3.90. The first-order chi connectivity index (χ1) is 10.1. The SMILES string of the molecule is CC1(C)Cc2ccc(Cl)cc2C1NCCc1ccccn1. The fraction of sp³-hybridized carbons (Fsp3) is 0.389. The molecule has 1 atom stereocenters. The van der Waals surface area contributed by atoms with Crippen molar-refractivity contribution in [3.8, 4) is 0 Å². The third-order valence-corrected chi connectivity index (χ3v) is 4.54. The van der Waals surface area contributed by atoms with Gasteiger partial charge in [0, 0.05) is 35.9 Å². The molecule has 1 unspecified atom stereocenters. The first-order valence-electron chi connectivity index (χ1n) is 7.48. The summed E-state index contributed by atoms with van der Waals surface area (Å²) < 4.78 is 0. The average Bonchev–Trinajstić information content (AvgIpc) is 2.71. The van der Waals surface area contributed by atoms with E-state index in [0.717, 1.165) is 30.1 Å². The molecule has 110 valence electrons. The molecule has 1 N–H and O–H groups in total. The van der Waals surface area contributed by atoms with Gasteiger partial charge in [-0.2, -0.15) is 0 Å². The van der Waals surface area contributed by atoms with E-state index in [0.29, 0.717) is 6.04 Å². The monoisotopic (exact) mass is 300 g/mol. The van der Waals surface area contributed by atoms with E-state index >= 15 is 0 Å². The van der Waals surface area contributed by atoms with Crippen molar-refractivity contribution in [2.75, 3.05) is 6.54 Å². The Bertz CT molecular complexity index is 622. The number of hydrogen-bond acceptors (Lipinski definition) is 2. The molecule has 1 heterocycles. The highest BCUT2D eigenvalue weighted by Gasteiger charge is 2.38. The number of pyridine rings is 1. The van der Waals surface area contributed by atoms with Gasteiger partial charge in [0.25, 0.3) is 0 Å². The van der Waals surface area contributed by atoms with Crippen LogP contribution in [0.3, 0.4) is 0 Å². The summed E-state index contributed by atoms with van der Waals surface area (Å²) in [5.41, 5.74) is 4.12. The zero-order chi connectivity index (χ0) is 14.9. The van der Waals surface area contributed by atoms with E-state index in [9.17, 15) is 0 Å². The Kier molecular flexibility index (Phi) is 4.01. The van der Waals surface area contributed by atoms with Crippen LogP contribution >= 0.6 is 11.6 Å². The molecule has 3 heteroatoms. The van der Waals surface area contributed by atoms with E-state index < -0.39 is 0 Å². The van der Waals surface area contributed by atoms with Crippen LogP contribution in [0.2, 0.25) is 5.02 Å². The van der Waals surface area contributed by atoms with Gasteiger partial charge < -0.3 is 5.32 Å². The quantitative estimate of drug-likeness (QED) is 0.916. The van der Waals surface area contributed by atoms with Crippen LogP contribution in [0.15, 0.2) is 42.6 Å². The molecule has 1 aromatic carbocycles. The summed E-state index contributed by atoms with van der Waals surface area (Å²) in [5.74, 6) is 0. The molecule has 2 nitrogen and oxygen atoms in total. The van der Waals surface area contributed by atoms with Crippen molar-refractivity contribution in [3.05, 3.63) is 64.4 Å². The second-order valence-corrected chi connectivity index (χ2v) is 6.90. The molecule has 2 aromatic rings. The molecule has 0 bridgehead atoms. The van der Waals surface area contributed by atoms with Crippen LogP contribution in [0.25, 0.3) is 0 Å².